The van der Waals surface area contributed by atoms with Gasteiger partial charge in [0.15, 0.2) is 0 Å². The molecule has 1 N–H and O–H groups in total. The molecule has 7 nitrogen and oxygen atoms in total. The van der Waals surface area contributed by atoms with Crippen molar-refractivity contribution in [1.82, 2.24) is 19.8 Å². The van der Waals surface area contributed by atoms with Crippen LogP contribution >= 0.6 is 0 Å². The van der Waals surface area contributed by atoms with E-state index in [2.05, 4.69) is 29.0 Å². The number of nitrogens with one attached hydrogen (secondary N) is 1. The second-order valence-corrected chi connectivity index (χ2v) is 7.27. The zero-order valence-electron chi connectivity index (χ0n) is 16.1. The molecule has 0 radical (unpaired) electrons. The molecule has 0 spiro atoms. The molecule has 0 aliphatic carbocycles. The number of rotatable bonds is 7. The lowest BCUT2D eigenvalue weighted by Gasteiger charge is -2.36. The minimum Gasteiger partial charge on any atom is -0.379 e. The Bertz CT molecular complexity index is 827. The molecule has 1 aromatic carbocycles. The number of carbonyl (C=O) groups excluding carboxylic acids is 1. The smallest absolute Gasteiger partial charge is 0.261 e. The van der Waals surface area contributed by atoms with Gasteiger partial charge in [0.1, 0.15) is 0 Å². The summed E-state index contributed by atoms with van der Waals surface area (Å²) in [6.45, 7) is 8.57. The molecule has 1 unspecified atom stereocenters. The van der Waals surface area contributed by atoms with E-state index in [0.29, 0.717) is 36.0 Å². The van der Waals surface area contributed by atoms with Gasteiger partial charge in [-0.1, -0.05) is 26.0 Å². The second kappa shape index (κ2) is 9.10. The Kier molecular flexibility index (Phi) is 6.58. The lowest BCUT2D eigenvalue weighted by Crippen LogP contribution is -2.51. The molecule has 2 aromatic rings. The molecule has 3 rings (SSSR count). The number of benzene rings is 1. The highest BCUT2D eigenvalue weighted by Crippen LogP contribution is 2.12. The first-order chi connectivity index (χ1) is 13.1. The average molecular weight is 372 g/mol. The summed E-state index contributed by atoms with van der Waals surface area (Å²) >= 11 is 0. The molecule has 1 aliphatic rings. The van der Waals surface area contributed by atoms with Gasteiger partial charge >= 0.3 is 0 Å². The summed E-state index contributed by atoms with van der Waals surface area (Å²) in [5.41, 5.74) is 0.565. The Morgan fingerprint density at radius 3 is 2.74 bits per heavy atom. The number of carbonyl (C=O) groups is 1. The van der Waals surface area contributed by atoms with Crippen LogP contribution in [0.3, 0.4) is 0 Å². The molecule has 1 fully saturated rings. The van der Waals surface area contributed by atoms with Gasteiger partial charge in [0.2, 0.25) is 5.91 Å². The summed E-state index contributed by atoms with van der Waals surface area (Å²) in [4.78, 5) is 31.5. The Morgan fingerprint density at radius 2 is 2.00 bits per heavy atom. The topological polar surface area (TPSA) is 76.5 Å². The van der Waals surface area contributed by atoms with Crippen LogP contribution in [0.5, 0.6) is 0 Å². The first-order valence-electron chi connectivity index (χ1n) is 9.59. The molecule has 27 heavy (non-hydrogen) atoms. The molecular weight excluding hydrogens is 344 g/mol. The number of para-hydroxylation sites is 1. The number of hydrogen-bond acceptors (Lipinski definition) is 5. The third-order valence-corrected chi connectivity index (χ3v) is 5.10. The lowest BCUT2D eigenvalue weighted by atomic mass is 10.0. The van der Waals surface area contributed by atoms with Crippen molar-refractivity contribution in [2.45, 2.75) is 32.9 Å². The maximum absolute atomic E-state index is 12.5. The number of aryl methyl sites for hydroxylation is 1. The van der Waals surface area contributed by atoms with E-state index in [1.54, 1.807) is 6.07 Å². The van der Waals surface area contributed by atoms with E-state index in [1.807, 2.05) is 18.2 Å². The van der Waals surface area contributed by atoms with Crippen molar-refractivity contribution in [3.05, 3.63) is 40.9 Å². The SMILES string of the molecule is CC(C)C(CNC(=O)CCn1cnc2ccccc2c1=O)N1CCOCC1. The molecule has 7 heteroatoms. The van der Waals surface area contributed by atoms with Crippen LogP contribution < -0.4 is 10.9 Å². The minimum absolute atomic E-state index is 0.0473. The van der Waals surface area contributed by atoms with Crippen molar-refractivity contribution in [1.29, 1.82) is 0 Å². The first-order valence-corrected chi connectivity index (χ1v) is 9.59. The van der Waals surface area contributed by atoms with Gasteiger partial charge in [-0.05, 0) is 18.1 Å². The van der Waals surface area contributed by atoms with Crippen LogP contribution in [0.25, 0.3) is 10.9 Å². The van der Waals surface area contributed by atoms with Crippen LogP contribution in [-0.4, -0.2) is 59.2 Å². The number of nitrogens with zero attached hydrogens (tertiary/aromatic N) is 3. The number of hydrogen-bond donors (Lipinski definition) is 1. The highest BCUT2D eigenvalue weighted by atomic mass is 16.5. The Morgan fingerprint density at radius 1 is 1.26 bits per heavy atom. The third kappa shape index (κ3) is 4.93. The Balaban J connectivity index is 1.54. The predicted molar refractivity (Wildman–Crippen MR) is 105 cm³/mol. The predicted octanol–water partition coefficient (Wildman–Crippen LogP) is 1.26. The summed E-state index contributed by atoms with van der Waals surface area (Å²) in [7, 11) is 0. The lowest BCUT2D eigenvalue weighted by molar-refractivity contribution is -0.121. The summed E-state index contributed by atoms with van der Waals surface area (Å²) < 4.78 is 6.92. The minimum atomic E-state index is -0.109. The summed E-state index contributed by atoms with van der Waals surface area (Å²) in [5, 5.41) is 3.61. The van der Waals surface area contributed by atoms with E-state index in [4.69, 9.17) is 4.74 Å². The van der Waals surface area contributed by atoms with Gasteiger partial charge in [-0.2, -0.15) is 0 Å². The van der Waals surface area contributed by atoms with Gasteiger partial charge in [-0.15, -0.1) is 0 Å². The van der Waals surface area contributed by atoms with E-state index in [1.165, 1.54) is 10.9 Å². The van der Waals surface area contributed by atoms with Gasteiger partial charge in [0.25, 0.3) is 5.56 Å². The molecule has 2 heterocycles. The van der Waals surface area contributed by atoms with Gasteiger partial charge < -0.3 is 10.1 Å². The zero-order chi connectivity index (χ0) is 19.2. The van der Waals surface area contributed by atoms with Gasteiger partial charge in [-0.3, -0.25) is 19.1 Å². The van der Waals surface area contributed by atoms with Crippen LogP contribution in [0.1, 0.15) is 20.3 Å². The molecule has 1 atom stereocenters. The summed E-state index contributed by atoms with van der Waals surface area (Å²) in [5.74, 6) is 0.393. The molecule has 146 valence electrons. The Hall–Kier alpha value is -2.25. The van der Waals surface area contributed by atoms with Crippen molar-refractivity contribution in [2.75, 3.05) is 32.8 Å². The van der Waals surface area contributed by atoms with Crippen molar-refractivity contribution in [3.8, 4) is 0 Å². The molecule has 0 saturated carbocycles. The normalized spacial score (nSPS) is 16.6. The number of morpholine rings is 1. The standard InChI is InChI=1S/C20H28N4O3/c1-15(2)18(23-9-11-27-12-10-23)13-21-19(25)7-8-24-14-22-17-6-4-3-5-16(17)20(24)26/h3-6,14-15,18H,7-13H2,1-2H3,(H,21,25). The van der Waals surface area contributed by atoms with E-state index in [0.717, 1.165) is 26.3 Å². The fraction of sp³-hybridized carbons (Fsp3) is 0.550. The fourth-order valence-corrected chi connectivity index (χ4v) is 3.49. The summed E-state index contributed by atoms with van der Waals surface area (Å²) in [6.07, 6.45) is 1.77. The number of amides is 1. The van der Waals surface area contributed by atoms with Crippen molar-refractivity contribution >= 4 is 16.8 Å². The van der Waals surface area contributed by atoms with E-state index in [9.17, 15) is 9.59 Å². The third-order valence-electron chi connectivity index (χ3n) is 5.10. The van der Waals surface area contributed by atoms with Crippen LogP contribution in [0, 0.1) is 5.92 Å². The number of fused-ring (bicyclic) bond motifs is 1. The maximum atomic E-state index is 12.5. The summed E-state index contributed by atoms with van der Waals surface area (Å²) in [6, 6.07) is 7.54. The van der Waals surface area contributed by atoms with Crippen LogP contribution in [-0.2, 0) is 16.1 Å². The zero-order valence-corrected chi connectivity index (χ0v) is 16.1. The van der Waals surface area contributed by atoms with Crippen molar-refractivity contribution in [2.24, 2.45) is 5.92 Å². The van der Waals surface area contributed by atoms with Gasteiger partial charge in [-0.25, -0.2) is 4.98 Å². The average Bonchev–Trinajstić information content (AvgIpc) is 2.68. The monoisotopic (exact) mass is 372 g/mol. The number of aromatic nitrogens is 2. The first kappa shape index (κ1) is 19.5. The highest BCUT2D eigenvalue weighted by Gasteiger charge is 2.24. The maximum Gasteiger partial charge on any atom is 0.261 e. The fourth-order valence-electron chi connectivity index (χ4n) is 3.49. The van der Waals surface area contributed by atoms with Gasteiger partial charge in [0.05, 0.1) is 30.4 Å². The van der Waals surface area contributed by atoms with Gasteiger partial charge in [0, 0.05) is 38.6 Å². The molecule has 1 aromatic heterocycles. The molecule has 1 aliphatic heterocycles. The van der Waals surface area contributed by atoms with E-state index >= 15 is 0 Å². The van der Waals surface area contributed by atoms with Crippen LogP contribution in [0.4, 0.5) is 0 Å². The highest BCUT2D eigenvalue weighted by molar-refractivity contribution is 5.77. The van der Waals surface area contributed by atoms with Crippen molar-refractivity contribution in [3.63, 3.8) is 0 Å². The second-order valence-electron chi connectivity index (χ2n) is 7.27. The van der Waals surface area contributed by atoms with Crippen molar-refractivity contribution < 1.29 is 9.53 Å². The van der Waals surface area contributed by atoms with Crippen LogP contribution in [0.15, 0.2) is 35.4 Å². The number of ether oxygens (including phenoxy) is 1. The van der Waals surface area contributed by atoms with E-state index < -0.39 is 0 Å². The largest absolute Gasteiger partial charge is 0.379 e. The quantitative estimate of drug-likeness (QED) is 0.792. The molecule has 1 amide bonds. The van der Waals surface area contributed by atoms with Crippen LogP contribution in [0.2, 0.25) is 0 Å². The van der Waals surface area contributed by atoms with E-state index in [-0.39, 0.29) is 17.9 Å². The Labute approximate surface area is 159 Å². The molecule has 0 bridgehead atoms. The molecular formula is C20H28N4O3. The molecule has 1 saturated heterocycles.